The lowest BCUT2D eigenvalue weighted by Gasteiger charge is -2.32. The molecule has 1 atom stereocenters. The highest BCUT2D eigenvalue weighted by Crippen LogP contribution is 2.26. The lowest BCUT2D eigenvalue weighted by atomic mass is 9.98. The van der Waals surface area contributed by atoms with Crippen LogP contribution in [0.15, 0.2) is 54.7 Å². The Balaban J connectivity index is 1.21. The number of nitrogens with zero attached hydrogens (tertiary/aromatic N) is 3. The number of aryl methyl sites for hydroxylation is 1. The largest absolute Gasteiger partial charge is 0.492 e. The van der Waals surface area contributed by atoms with Crippen LogP contribution >= 0.6 is 0 Å². The van der Waals surface area contributed by atoms with Crippen LogP contribution in [0.1, 0.15) is 28.8 Å². The van der Waals surface area contributed by atoms with Gasteiger partial charge in [0.2, 0.25) is 0 Å². The molecule has 1 unspecified atom stereocenters. The van der Waals surface area contributed by atoms with Gasteiger partial charge in [-0.25, -0.2) is 0 Å². The number of hydrogen-bond donors (Lipinski definition) is 0. The average molecular weight is 448 g/mol. The second-order valence-electron chi connectivity index (χ2n) is 9.24. The van der Waals surface area contributed by atoms with E-state index < -0.39 is 0 Å². The number of carbonyl (C=O) groups excluding carboxylic acids is 1. The Labute approximate surface area is 195 Å². The highest BCUT2D eigenvalue weighted by molar-refractivity contribution is 5.97. The number of fused-ring (bicyclic) bond motifs is 1. The van der Waals surface area contributed by atoms with E-state index in [9.17, 15) is 4.79 Å². The number of morpholine rings is 1. The van der Waals surface area contributed by atoms with E-state index in [1.54, 1.807) is 0 Å². The second-order valence-corrected chi connectivity index (χ2v) is 9.24. The van der Waals surface area contributed by atoms with E-state index in [2.05, 4.69) is 47.0 Å². The lowest BCUT2D eigenvalue weighted by molar-refractivity contribution is 0.0299. The number of likely N-dealkylation sites (tertiary alicyclic amines) is 1. The Morgan fingerprint density at radius 1 is 1.06 bits per heavy atom. The molecule has 0 spiro atoms. The topological polar surface area (TPSA) is 46.9 Å². The van der Waals surface area contributed by atoms with Crippen LogP contribution in [-0.2, 0) is 18.3 Å². The summed E-state index contributed by atoms with van der Waals surface area (Å²) in [6, 6.07) is 16.3. The number of ether oxygens (including phenoxy) is 2. The van der Waals surface area contributed by atoms with Gasteiger partial charge in [-0.2, -0.15) is 0 Å². The molecule has 5 rings (SSSR count). The minimum Gasteiger partial charge on any atom is -0.492 e. The third kappa shape index (κ3) is 4.92. The van der Waals surface area contributed by atoms with E-state index in [0.29, 0.717) is 50.1 Å². The SMILES string of the molecule is Cn1cc(CN2CCCC(COc3ccccc3C(=O)N3CCOCC3)C2)c2ccccc21. The van der Waals surface area contributed by atoms with Crippen LogP contribution in [0.4, 0.5) is 0 Å². The van der Waals surface area contributed by atoms with Gasteiger partial charge < -0.3 is 18.9 Å². The number of benzene rings is 2. The summed E-state index contributed by atoms with van der Waals surface area (Å²) in [5.41, 5.74) is 3.32. The maximum Gasteiger partial charge on any atom is 0.257 e. The van der Waals surface area contributed by atoms with Crippen molar-refractivity contribution in [2.45, 2.75) is 19.4 Å². The van der Waals surface area contributed by atoms with Gasteiger partial charge in [0.15, 0.2) is 0 Å². The minimum absolute atomic E-state index is 0.0372. The molecule has 2 aromatic carbocycles. The fourth-order valence-electron chi connectivity index (χ4n) is 5.14. The highest BCUT2D eigenvalue weighted by atomic mass is 16.5. The van der Waals surface area contributed by atoms with Gasteiger partial charge in [-0.05, 0) is 43.1 Å². The molecule has 0 radical (unpaired) electrons. The standard InChI is InChI=1S/C27H33N3O3/c1-28-18-22(23-8-2-4-10-25(23)28)19-29-12-6-7-21(17-29)20-33-26-11-5-3-9-24(26)27(31)30-13-15-32-16-14-30/h2-5,8-11,18,21H,6-7,12-17,19-20H2,1H3. The first-order valence-electron chi connectivity index (χ1n) is 12.0. The van der Waals surface area contributed by atoms with Gasteiger partial charge in [0.1, 0.15) is 5.75 Å². The quantitative estimate of drug-likeness (QED) is 0.574. The van der Waals surface area contributed by atoms with Crippen LogP contribution < -0.4 is 4.74 Å². The van der Waals surface area contributed by atoms with Crippen molar-refractivity contribution in [1.82, 2.24) is 14.4 Å². The summed E-state index contributed by atoms with van der Waals surface area (Å²) in [7, 11) is 2.12. The maximum absolute atomic E-state index is 13.0. The van der Waals surface area contributed by atoms with Gasteiger partial charge in [0.25, 0.3) is 5.91 Å². The molecule has 6 nitrogen and oxygen atoms in total. The highest BCUT2D eigenvalue weighted by Gasteiger charge is 2.24. The molecule has 2 fully saturated rings. The first-order chi connectivity index (χ1) is 16.2. The summed E-state index contributed by atoms with van der Waals surface area (Å²) in [5.74, 6) is 1.19. The maximum atomic E-state index is 13.0. The first kappa shape index (κ1) is 22.0. The van der Waals surface area contributed by atoms with E-state index in [0.717, 1.165) is 26.1 Å². The van der Waals surface area contributed by atoms with Crippen molar-refractivity contribution >= 4 is 16.8 Å². The molecule has 174 valence electrons. The number of piperidine rings is 1. The molecule has 2 aliphatic rings. The number of para-hydroxylation sites is 2. The molecule has 2 saturated heterocycles. The van der Waals surface area contributed by atoms with Crippen LogP contribution in [0, 0.1) is 5.92 Å². The Bertz CT molecular complexity index is 1100. The lowest BCUT2D eigenvalue weighted by Crippen LogP contribution is -2.41. The summed E-state index contributed by atoms with van der Waals surface area (Å²) in [6.07, 6.45) is 4.59. The number of amides is 1. The third-order valence-electron chi connectivity index (χ3n) is 6.87. The molecule has 0 bridgehead atoms. The van der Waals surface area contributed by atoms with Crippen LogP contribution in [0.2, 0.25) is 0 Å². The van der Waals surface area contributed by atoms with Gasteiger partial charge in [-0.3, -0.25) is 9.69 Å². The Morgan fingerprint density at radius 2 is 1.85 bits per heavy atom. The number of aromatic nitrogens is 1. The van der Waals surface area contributed by atoms with E-state index in [-0.39, 0.29) is 5.91 Å². The molecule has 0 aliphatic carbocycles. The monoisotopic (exact) mass is 447 g/mol. The zero-order valence-electron chi connectivity index (χ0n) is 19.4. The molecule has 0 saturated carbocycles. The van der Waals surface area contributed by atoms with Crippen molar-refractivity contribution in [3.8, 4) is 5.75 Å². The van der Waals surface area contributed by atoms with Gasteiger partial charge in [0.05, 0.1) is 25.4 Å². The minimum atomic E-state index is 0.0372. The van der Waals surface area contributed by atoms with Gasteiger partial charge in [-0.15, -0.1) is 0 Å². The normalized spacial score (nSPS) is 19.7. The van der Waals surface area contributed by atoms with Crippen molar-refractivity contribution < 1.29 is 14.3 Å². The molecule has 1 amide bonds. The molecule has 3 heterocycles. The number of rotatable bonds is 6. The Hall–Kier alpha value is -2.83. The summed E-state index contributed by atoms with van der Waals surface area (Å²) >= 11 is 0. The van der Waals surface area contributed by atoms with Crippen molar-refractivity contribution in [1.29, 1.82) is 0 Å². The fraction of sp³-hybridized carbons (Fsp3) is 0.444. The molecule has 3 aromatic rings. The number of carbonyl (C=O) groups is 1. The molecule has 6 heteroatoms. The number of hydrogen-bond acceptors (Lipinski definition) is 4. The van der Waals surface area contributed by atoms with Crippen molar-refractivity contribution in [3.63, 3.8) is 0 Å². The van der Waals surface area contributed by atoms with Crippen LogP contribution in [0.25, 0.3) is 10.9 Å². The van der Waals surface area contributed by atoms with Crippen LogP contribution in [0.3, 0.4) is 0 Å². The summed E-state index contributed by atoms with van der Waals surface area (Å²) in [5, 5.41) is 1.34. The zero-order valence-corrected chi connectivity index (χ0v) is 19.4. The molecular weight excluding hydrogens is 414 g/mol. The third-order valence-corrected chi connectivity index (χ3v) is 6.87. The van der Waals surface area contributed by atoms with E-state index in [4.69, 9.17) is 9.47 Å². The first-order valence-corrected chi connectivity index (χ1v) is 12.0. The predicted molar refractivity (Wildman–Crippen MR) is 130 cm³/mol. The van der Waals surface area contributed by atoms with Crippen LogP contribution in [0.5, 0.6) is 5.75 Å². The predicted octanol–water partition coefficient (Wildman–Crippen LogP) is 3.94. The van der Waals surface area contributed by atoms with E-state index in [1.807, 2.05) is 29.2 Å². The van der Waals surface area contributed by atoms with Gasteiger partial charge >= 0.3 is 0 Å². The van der Waals surface area contributed by atoms with Gasteiger partial charge in [0, 0.05) is 56.2 Å². The smallest absolute Gasteiger partial charge is 0.257 e. The summed E-state index contributed by atoms with van der Waals surface area (Å²) in [6.45, 7) is 6.21. The van der Waals surface area contributed by atoms with Crippen molar-refractivity contribution in [2.75, 3.05) is 46.0 Å². The fourth-order valence-corrected chi connectivity index (χ4v) is 5.14. The molecule has 2 aliphatic heterocycles. The zero-order chi connectivity index (χ0) is 22.6. The molecule has 1 aromatic heterocycles. The van der Waals surface area contributed by atoms with E-state index in [1.165, 1.54) is 22.9 Å². The van der Waals surface area contributed by atoms with Gasteiger partial charge in [-0.1, -0.05) is 30.3 Å². The summed E-state index contributed by atoms with van der Waals surface area (Å²) in [4.78, 5) is 17.4. The van der Waals surface area contributed by atoms with Crippen molar-refractivity contribution in [3.05, 3.63) is 65.9 Å². The summed E-state index contributed by atoms with van der Waals surface area (Å²) < 4.78 is 13.9. The molecule has 0 N–H and O–H groups in total. The van der Waals surface area contributed by atoms with Crippen molar-refractivity contribution in [2.24, 2.45) is 13.0 Å². The Kier molecular flexibility index (Phi) is 6.65. The van der Waals surface area contributed by atoms with Crippen LogP contribution in [-0.4, -0.2) is 66.3 Å². The molecule has 33 heavy (non-hydrogen) atoms. The second kappa shape index (κ2) is 9.98. The average Bonchev–Trinajstić information content (AvgIpc) is 3.18. The van der Waals surface area contributed by atoms with E-state index >= 15 is 0 Å². The molecular formula is C27H33N3O3. The Morgan fingerprint density at radius 3 is 2.73 bits per heavy atom.